The highest BCUT2D eigenvalue weighted by Gasteiger charge is 2.14. The average molecular weight is 324 g/mol. The number of para-hydroxylation sites is 1. The molecule has 0 aliphatic carbocycles. The second-order valence-electron chi connectivity index (χ2n) is 5.45. The molecule has 4 heteroatoms. The minimum atomic E-state index is 0.0309. The molecule has 1 amide bonds. The molecule has 0 aliphatic heterocycles. The fourth-order valence-corrected chi connectivity index (χ4v) is 3.68. The number of carbonyl (C=O) groups is 1. The van der Waals surface area contributed by atoms with E-state index in [0.29, 0.717) is 6.54 Å². The first-order chi connectivity index (χ1) is 11.3. The summed E-state index contributed by atoms with van der Waals surface area (Å²) in [4.78, 5) is 13.2. The standard InChI is InChI=1S/C19H20N2OS/c1-14-16-10-5-6-11-17(16)23-18(14)19(22)21-13-7-12-20-15-8-3-2-4-9-15/h2-6,8-11,20H,7,12-13H2,1H3,(H,21,22). The van der Waals surface area contributed by atoms with Gasteiger partial charge in [-0.25, -0.2) is 0 Å². The third-order valence-electron chi connectivity index (χ3n) is 3.79. The van der Waals surface area contributed by atoms with E-state index in [9.17, 15) is 4.79 Å². The first-order valence-corrected chi connectivity index (χ1v) is 8.62. The van der Waals surface area contributed by atoms with Crippen molar-refractivity contribution < 1.29 is 4.79 Å². The quantitative estimate of drug-likeness (QED) is 0.658. The Kier molecular flexibility index (Phi) is 4.93. The largest absolute Gasteiger partial charge is 0.385 e. The Bertz CT molecular complexity index is 795. The van der Waals surface area contributed by atoms with Gasteiger partial charge in [0.15, 0.2) is 0 Å². The van der Waals surface area contributed by atoms with Gasteiger partial charge >= 0.3 is 0 Å². The molecule has 0 spiro atoms. The molecule has 3 nitrogen and oxygen atoms in total. The van der Waals surface area contributed by atoms with Gasteiger partial charge in [-0.2, -0.15) is 0 Å². The zero-order valence-electron chi connectivity index (χ0n) is 13.1. The van der Waals surface area contributed by atoms with Gasteiger partial charge in [0.1, 0.15) is 0 Å². The van der Waals surface area contributed by atoms with Crippen molar-refractivity contribution in [1.29, 1.82) is 0 Å². The number of rotatable bonds is 6. The number of nitrogens with one attached hydrogen (secondary N) is 2. The number of benzene rings is 2. The fourth-order valence-electron chi connectivity index (χ4n) is 2.55. The summed E-state index contributed by atoms with van der Waals surface area (Å²) in [5.41, 5.74) is 2.18. The van der Waals surface area contributed by atoms with Crippen LogP contribution in [0.15, 0.2) is 54.6 Å². The lowest BCUT2D eigenvalue weighted by atomic mass is 10.1. The Morgan fingerprint density at radius 1 is 1.00 bits per heavy atom. The minimum Gasteiger partial charge on any atom is -0.385 e. The van der Waals surface area contributed by atoms with Crippen molar-refractivity contribution in [3.8, 4) is 0 Å². The van der Waals surface area contributed by atoms with Gasteiger partial charge < -0.3 is 10.6 Å². The smallest absolute Gasteiger partial charge is 0.261 e. The van der Waals surface area contributed by atoms with Crippen LogP contribution in [-0.2, 0) is 0 Å². The molecule has 0 fully saturated rings. The zero-order chi connectivity index (χ0) is 16.1. The Labute approximate surface area is 140 Å². The van der Waals surface area contributed by atoms with E-state index in [1.165, 1.54) is 10.1 Å². The minimum absolute atomic E-state index is 0.0309. The van der Waals surface area contributed by atoms with Gasteiger partial charge in [0.2, 0.25) is 0 Å². The third kappa shape index (κ3) is 3.71. The van der Waals surface area contributed by atoms with Gasteiger partial charge in [0.25, 0.3) is 5.91 Å². The molecule has 0 aliphatic rings. The van der Waals surface area contributed by atoms with Crippen molar-refractivity contribution in [1.82, 2.24) is 5.32 Å². The van der Waals surface area contributed by atoms with Crippen LogP contribution < -0.4 is 10.6 Å². The number of thiophene rings is 1. The second kappa shape index (κ2) is 7.29. The van der Waals surface area contributed by atoms with Gasteiger partial charge in [-0.3, -0.25) is 4.79 Å². The van der Waals surface area contributed by atoms with Gasteiger partial charge in [-0.15, -0.1) is 11.3 Å². The fraction of sp³-hybridized carbons (Fsp3) is 0.211. The molecule has 2 N–H and O–H groups in total. The maximum absolute atomic E-state index is 12.3. The molecule has 0 radical (unpaired) electrons. The van der Waals surface area contributed by atoms with Crippen LogP contribution in [0, 0.1) is 6.92 Å². The number of anilines is 1. The summed E-state index contributed by atoms with van der Waals surface area (Å²) in [7, 11) is 0. The van der Waals surface area contributed by atoms with Crippen LogP contribution in [-0.4, -0.2) is 19.0 Å². The van der Waals surface area contributed by atoms with Crippen LogP contribution in [0.3, 0.4) is 0 Å². The molecule has 0 unspecified atom stereocenters. The predicted molar refractivity (Wildman–Crippen MR) is 98.4 cm³/mol. The Morgan fingerprint density at radius 3 is 2.52 bits per heavy atom. The monoisotopic (exact) mass is 324 g/mol. The summed E-state index contributed by atoms with van der Waals surface area (Å²) < 4.78 is 1.17. The van der Waals surface area contributed by atoms with Crippen LogP contribution in [0.1, 0.15) is 21.7 Å². The zero-order valence-corrected chi connectivity index (χ0v) is 14.0. The van der Waals surface area contributed by atoms with E-state index in [-0.39, 0.29) is 5.91 Å². The predicted octanol–water partition coefficient (Wildman–Crippen LogP) is 4.44. The number of carbonyl (C=O) groups excluding carboxylic acids is 1. The van der Waals surface area contributed by atoms with E-state index in [4.69, 9.17) is 0 Å². The number of amides is 1. The van der Waals surface area contributed by atoms with Crippen molar-refractivity contribution in [2.45, 2.75) is 13.3 Å². The number of aryl methyl sites for hydroxylation is 1. The molecule has 0 atom stereocenters. The lowest BCUT2D eigenvalue weighted by Crippen LogP contribution is -2.25. The highest BCUT2D eigenvalue weighted by atomic mass is 32.1. The van der Waals surface area contributed by atoms with E-state index < -0.39 is 0 Å². The number of hydrogen-bond acceptors (Lipinski definition) is 3. The first kappa shape index (κ1) is 15.6. The van der Waals surface area contributed by atoms with Crippen LogP contribution in [0.2, 0.25) is 0 Å². The summed E-state index contributed by atoms with van der Waals surface area (Å²) >= 11 is 1.56. The Hall–Kier alpha value is -2.33. The molecule has 2 aromatic carbocycles. The average Bonchev–Trinajstić information content (AvgIpc) is 2.93. The topological polar surface area (TPSA) is 41.1 Å². The maximum atomic E-state index is 12.3. The Balaban J connectivity index is 1.50. The van der Waals surface area contributed by atoms with Gasteiger partial charge in [0, 0.05) is 23.5 Å². The molecule has 0 saturated carbocycles. The van der Waals surface area contributed by atoms with E-state index in [1.54, 1.807) is 11.3 Å². The molecule has 1 aromatic heterocycles. The number of hydrogen-bond donors (Lipinski definition) is 2. The van der Waals surface area contributed by atoms with E-state index in [0.717, 1.165) is 29.1 Å². The van der Waals surface area contributed by atoms with Crippen LogP contribution in [0.4, 0.5) is 5.69 Å². The van der Waals surface area contributed by atoms with Crippen molar-refractivity contribution in [2.24, 2.45) is 0 Å². The normalized spacial score (nSPS) is 10.7. The molecule has 3 rings (SSSR count). The molecule has 118 valence electrons. The highest BCUT2D eigenvalue weighted by molar-refractivity contribution is 7.21. The van der Waals surface area contributed by atoms with Gasteiger partial charge in [-0.05, 0) is 42.5 Å². The third-order valence-corrected chi connectivity index (χ3v) is 5.06. The van der Waals surface area contributed by atoms with Crippen molar-refractivity contribution in [3.63, 3.8) is 0 Å². The van der Waals surface area contributed by atoms with Crippen molar-refractivity contribution in [3.05, 3.63) is 65.0 Å². The molecule has 0 saturated heterocycles. The van der Waals surface area contributed by atoms with Crippen LogP contribution >= 0.6 is 11.3 Å². The maximum Gasteiger partial charge on any atom is 0.261 e. The number of fused-ring (bicyclic) bond motifs is 1. The highest BCUT2D eigenvalue weighted by Crippen LogP contribution is 2.30. The second-order valence-corrected chi connectivity index (χ2v) is 6.51. The molecule has 3 aromatic rings. The molecular weight excluding hydrogens is 304 g/mol. The van der Waals surface area contributed by atoms with Crippen molar-refractivity contribution in [2.75, 3.05) is 18.4 Å². The summed E-state index contributed by atoms with van der Waals surface area (Å²) in [6, 6.07) is 18.3. The first-order valence-electron chi connectivity index (χ1n) is 7.81. The summed E-state index contributed by atoms with van der Waals surface area (Å²) in [5, 5.41) is 7.54. The Morgan fingerprint density at radius 2 is 1.74 bits per heavy atom. The molecule has 1 heterocycles. The summed E-state index contributed by atoms with van der Waals surface area (Å²) in [6.45, 7) is 3.53. The van der Waals surface area contributed by atoms with E-state index in [2.05, 4.69) is 22.8 Å². The lowest BCUT2D eigenvalue weighted by Gasteiger charge is -2.07. The SMILES string of the molecule is Cc1c(C(=O)NCCCNc2ccccc2)sc2ccccc12. The van der Waals surface area contributed by atoms with Crippen LogP contribution in [0.25, 0.3) is 10.1 Å². The van der Waals surface area contributed by atoms with E-state index in [1.807, 2.05) is 49.4 Å². The summed E-state index contributed by atoms with van der Waals surface area (Å²) in [5.74, 6) is 0.0309. The van der Waals surface area contributed by atoms with Gasteiger partial charge in [-0.1, -0.05) is 36.4 Å². The van der Waals surface area contributed by atoms with Crippen LogP contribution in [0.5, 0.6) is 0 Å². The summed E-state index contributed by atoms with van der Waals surface area (Å²) in [6.07, 6.45) is 0.893. The van der Waals surface area contributed by atoms with Gasteiger partial charge in [0.05, 0.1) is 4.88 Å². The molecular formula is C19H20N2OS. The van der Waals surface area contributed by atoms with E-state index >= 15 is 0 Å². The lowest BCUT2D eigenvalue weighted by molar-refractivity contribution is 0.0957. The molecule has 23 heavy (non-hydrogen) atoms. The van der Waals surface area contributed by atoms with Crippen molar-refractivity contribution >= 4 is 33.0 Å². The molecule has 0 bridgehead atoms.